The van der Waals surface area contributed by atoms with Gasteiger partial charge in [-0.25, -0.2) is 0 Å². The van der Waals surface area contributed by atoms with E-state index < -0.39 is 0 Å². The van der Waals surface area contributed by atoms with E-state index in [1.165, 1.54) is 25.7 Å². The van der Waals surface area contributed by atoms with E-state index in [1.54, 1.807) is 0 Å². The summed E-state index contributed by atoms with van der Waals surface area (Å²) < 4.78 is 0. The fraction of sp³-hybridized carbons (Fsp3) is 0.933. The number of carbonyl (C=O) groups excluding carboxylic acids is 1. The second-order valence-electron chi connectivity index (χ2n) is 5.16. The van der Waals surface area contributed by atoms with E-state index in [1.807, 2.05) is 11.8 Å². The molecule has 0 saturated carbocycles. The number of carbonyl (C=O) groups is 1. The van der Waals surface area contributed by atoms with Crippen LogP contribution in [0.1, 0.15) is 58.8 Å². The molecule has 0 radical (unpaired) electrons. The Morgan fingerprint density at radius 3 is 2.26 bits per heavy atom. The quantitative estimate of drug-likeness (QED) is 0.535. The van der Waals surface area contributed by atoms with Crippen molar-refractivity contribution in [3.8, 4) is 0 Å². The number of hydrogen-bond acceptors (Lipinski definition) is 3. The zero-order valence-electron chi connectivity index (χ0n) is 12.7. The number of hydrogen-bond donors (Lipinski definition) is 2. The fourth-order valence-corrected chi connectivity index (χ4v) is 2.20. The van der Waals surface area contributed by atoms with E-state index in [2.05, 4.69) is 6.92 Å². The van der Waals surface area contributed by atoms with Crippen molar-refractivity contribution in [3.63, 3.8) is 0 Å². The maximum absolute atomic E-state index is 12.3. The fourth-order valence-electron chi connectivity index (χ4n) is 2.20. The summed E-state index contributed by atoms with van der Waals surface area (Å²) >= 11 is 0. The SMILES string of the molecule is CCCCCCCN(CCCO)C(=O)C(CC)CN. The van der Waals surface area contributed by atoms with Crippen LogP contribution in [0.3, 0.4) is 0 Å². The van der Waals surface area contributed by atoms with Gasteiger partial charge >= 0.3 is 0 Å². The Hall–Kier alpha value is -0.610. The van der Waals surface area contributed by atoms with Crippen LogP contribution in [-0.4, -0.2) is 42.2 Å². The summed E-state index contributed by atoms with van der Waals surface area (Å²) in [6, 6.07) is 0. The normalized spacial score (nSPS) is 12.4. The maximum atomic E-state index is 12.3. The van der Waals surface area contributed by atoms with E-state index in [0.29, 0.717) is 19.5 Å². The molecular weight excluding hydrogens is 240 g/mol. The second kappa shape index (κ2) is 12.4. The molecule has 0 aliphatic carbocycles. The van der Waals surface area contributed by atoms with Gasteiger partial charge in [-0.3, -0.25) is 4.79 Å². The van der Waals surface area contributed by atoms with Crippen LogP contribution in [0.15, 0.2) is 0 Å². The Morgan fingerprint density at radius 2 is 1.74 bits per heavy atom. The van der Waals surface area contributed by atoms with Crippen molar-refractivity contribution in [2.24, 2.45) is 11.7 Å². The molecule has 4 heteroatoms. The standard InChI is InChI=1S/C15H32N2O2/c1-3-5-6-7-8-10-17(11-9-12-18)15(19)14(4-2)13-16/h14,18H,3-13,16H2,1-2H3. The highest BCUT2D eigenvalue weighted by atomic mass is 16.3. The van der Waals surface area contributed by atoms with Crippen LogP contribution >= 0.6 is 0 Å². The van der Waals surface area contributed by atoms with Crippen LogP contribution in [0.2, 0.25) is 0 Å². The highest BCUT2D eigenvalue weighted by Crippen LogP contribution is 2.10. The summed E-state index contributed by atoms with van der Waals surface area (Å²) in [5.41, 5.74) is 5.65. The molecule has 19 heavy (non-hydrogen) atoms. The molecule has 0 heterocycles. The summed E-state index contributed by atoms with van der Waals surface area (Å²) in [6.45, 7) is 6.21. The first kappa shape index (κ1) is 18.4. The van der Waals surface area contributed by atoms with Crippen molar-refractivity contribution in [2.45, 2.75) is 58.8 Å². The molecule has 4 nitrogen and oxygen atoms in total. The van der Waals surface area contributed by atoms with Gasteiger partial charge in [-0.05, 0) is 19.3 Å². The second-order valence-corrected chi connectivity index (χ2v) is 5.16. The van der Waals surface area contributed by atoms with Crippen LogP contribution < -0.4 is 5.73 Å². The van der Waals surface area contributed by atoms with Gasteiger partial charge in [0.15, 0.2) is 0 Å². The van der Waals surface area contributed by atoms with Gasteiger partial charge in [0.25, 0.3) is 0 Å². The van der Waals surface area contributed by atoms with Crippen molar-refractivity contribution >= 4 is 5.91 Å². The topological polar surface area (TPSA) is 66.6 Å². The van der Waals surface area contributed by atoms with Crippen LogP contribution in [0, 0.1) is 5.92 Å². The van der Waals surface area contributed by atoms with E-state index in [9.17, 15) is 4.79 Å². The molecule has 3 N–H and O–H groups in total. The van der Waals surface area contributed by atoms with Crippen LogP contribution in [0.25, 0.3) is 0 Å². The maximum Gasteiger partial charge on any atom is 0.226 e. The van der Waals surface area contributed by atoms with Gasteiger partial charge in [-0.2, -0.15) is 0 Å². The molecule has 0 fully saturated rings. The van der Waals surface area contributed by atoms with Gasteiger partial charge in [-0.15, -0.1) is 0 Å². The third-order valence-electron chi connectivity index (χ3n) is 3.56. The number of rotatable bonds is 12. The molecular formula is C15H32N2O2. The number of amides is 1. The van der Waals surface area contributed by atoms with Crippen molar-refractivity contribution < 1.29 is 9.90 Å². The van der Waals surface area contributed by atoms with E-state index in [4.69, 9.17) is 10.8 Å². The number of nitrogens with two attached hydrogens (primary N) is 1. The molecule has 0 aliphatic rings. The predicted octanol–water partition coefficient (Wildman–Crippen LogP) is 2.15. The minimum Gasteiger partial charge on any atom is -0.396 e. The van der Waals surface area contributed by atoms with Gasteiger partial charge in [-0.1, -0.05) is 39.5 Å². The highest BCUT2D eigenvalue weighted by molar-refractivity contribution is 5.79. The summed E-state index contributed by atoms with van der Waals surface area (Å²) in [5, 5.41) is 8.93. The molecule has 0 saturated heterocycles. The number of aliphatic hydroxyl groups is 1. The zero-order chi connectivity index (χ0) is 14.5. The lowest BCUT2D eigenvalue weighted by molar-refractivity contribution is -0.135. The largest absolute Gasteiger partial charge is 0.396 e. The van der Waals surface area contributed by atoms with E-state index in [-0.39, 0.29) is 18.4 Å². The van der Waals surface area contributed by atoms with Crippen molar-refractivity contribution in [2.75, 3.05) is 26.2 Å². The number of aliphatic hydroxyl groups excluding tert-OH is 1. The minimum absolute atomic E-state index is 0.0608. The zero-order valence-corrected chi connectivity index (χ0v) is 12.7. The van der Waals surface area contributed by atoms with Crippen molar-refractivity contribution in [3.05, 3.63) is 0 Å². The van der Waals surface area contributed by atoms with Gasteiger partial charge < -0.3 is 15.7 Å². The van der Waals surface area contributed by atoms with E-state index in [0.717, 1.165) is 19.4 Å². The molecule has 0 rings (SSSR count). The van der Waals surface area contributed by atoms with Crippen LogP contribution in [-0.2, 0) is 4.79 Å². The Balaban J connectivity index is 4.16. The van der Waals surface area contributed by atoms with Crippen molar-refractivity contribution in [1.82, 2.24) is 4.90 Å². The minimum atomic E-state index is -0.0608. The van der Waals surface area contributed by atoms with Gasteiger partial charge in [0.05, 0.1) is 5.92 Å². The molecule has 1 atom stereocenters. The molecule has 0 aromatic heterocycles. The lowest BCUT2D eigenvalue weighted by Crippen LogP contribution is -2.40. The van der Waals surface area contributed by atoms with Crippen LogP contribution in [0.4, 0.5) is 0 Å². The molecule has 0 bridgehead atoms. The highest BCUT2D eigenvalue weighted by Gasteiger charge is 2.20. The molecule has 1 amide bonds. The molecule has 114 valence electrons. The molecule has 0 aromatic carbocycles. The number of nitrogens with zero attached hydrogens (tertiary/aromatic N) is 1. The third-order valence-corrected chi connectivity index (χ3v) is 3.56. The smallest absolute Gasteiger partial charge is 0.226 e. The molecule has 1 unspecified atom stereocenters. The van der Waals surface area contributed by atoms with Gasteiger partial charge in [0.1, 0.15) is 0 Å². The third kappa shape index (κ3) is 8.22. The predicted molar refractivity (Wildman–Crippen MR) is 79.9 cm³/mol. The monoisotopic (exact) mass is 272 g/mol. The average molecular weight is 272 g/mol. The first-order chi connectivity index (χ1) is 9.21. The van der Waals surface area contributed by atoms with Crippen LogP contribution in [0.5, 0.6) is 0 Å². The summed E-state index contributed by atoms with van der Waals surface area (Å²) in [7, 11) is 0. The molecule has 0 aliphatic heterocycles. The Labute approximate surface area is 118 Å². The summed E-state index contributed by atoms with van der Waals surface area (Å²) in [6.07, 6.45) is 7.42. The van der Waals surface area contributed by atoms with Crippen molar-refractivity contribution in [1.29, 1.82) is 0 Å². The van der Waals surface area contributed by atoms with Gasteiger partial charge in [0, 0.05) is 26.2 Å². The Kier molecular flexibility index (Phi) is 12.0. The first-order valence-electron chi connectivity index (χ1n) is 7.80. The Morgan fingerprint density at radius 1 is 1.11 bits per heavy atom. The molecule has 0 aromatic rings. The lowest BCUT2D eigenvalue weighted by atomic mass is 10.0. The summed E-state index contributed by atoms with van der Waals surface area (Å²) in [4.78, 5) is 14.2. The first-order valence-corrected chi connectivity index (χ1v) is 7.80. The Bertz CT molecular complexity index is 218. The van der Waals surface area contributed by atoms with E-state index >= 15 is 0 Å². The number of unbranched alkanes of at least 4 members (excludes halogenated alkanes) is 4. The molecule has 0 spiro atoms. The average Bonchev–Trinajstić information content (AvgIpc) is 2.43. The van der Waals surface area contributed by atoms with Gasteiger partial charge in [0.2, 0.25) is 5.91 Å². The summed E-state index contributed by atoms with van der Waals surface area (Å²) in [5.74, 6) is 0.100. The lowest BCUT2D eigenvalue weighted by Gasteiger charge is -2.26.